The first-order valence-electron chi connectivity index (χ1n) is 27.8. The van der Waals surface area contributed by atoms with Crippen LogP contribution < -0.4 is 9.47 Å². The number of esters is 1. The zero-order chi connectivity index (χ0) is 46.9. The van der Waals surface area contributed by atoms with Crippen molar-refractivity contribution >= 4 is 17.9 Å². The van der Waals surface area contributed by atoms with E-state index in [1.807, 2.05) is 42.6 Å². The van der Waals surface area contributed by atoms with Gasteiger partial charge in [0.15, 0.2) is 0 Å². The first-order chi connectivity index (χ1) is 32.6. The van der Waals surface area contributed by atoms with Gasteiger partial charge in [0, 0.05) is 19.1 Å². The van der Waals surface area contributed by atoms with Crippen molar-refractivity contribution in [2.24, 2.45) is 57.2 Å². The van der Waals surface area contributed by atoms with Gasteiger partial charge in [-0.25, -0.2) is 0 Å². The summed E-state index contributed by atoms with van der Waals surface area (Å²) >= 11 is 0. The fraction of sp³-hybridized carbons (Fsp3) is 0.677. The summed E-state index contributed by atoms with van der Waals surface area (Å²) in [5.41, 5.74) is 4.36. The van der Waals surface area contributed by atoms with Crippen LogP contribution in [0.2, 0.25) is 0 Å². The highest BCUT2D eigenvalue weighted by Crippen LogP contribution is 2.67. The Morgan fingerprint density at radius 1 is 0.701 bits per heavy atom. The maximum atomic E-state index is 13.0. The largest absolute Gasteiger partial charge is 0.494 e. The number of nitrogens with zero attached hydrogens (tertiary/aromatic N) is 1. The lowest BCUT2D eigenvalue weighted by Crippen LogP contribution is -2.51. The average molecular weight is 914 g/mol. The molecule has 5 aliphatic rings. The van der Waals surface area contributed by atoms with Gasteiger partial charge in [-0.15, -0.1) is 0 Å². The van der Waals surface area contributed by atoms with E-state index < -0.39 is 0 Å². The number of hydrogen-bond acceptors (Lipinski definition) is 5. The van der Waals surface area contributed by atoms with Crippen molar-refractivity contribution in [2.75, 3.05) is 13.2 Å². The Hall–Kier alpha value is -3.60. The molecule has 0 amide bonds. The molecule has 0 heterocycles. The molecule has 0 saturated heterocycles. The van der Waals surface area contributed by atoms with Crippen molar-refractivity contribution in [1.29, 1.82) is 0 Å². The van der Waals surface area contributed by atoms with Crippen LogP contribution in [0.5, 0.6) is 11.5 Å². The van der Waals surface area contributed by atoms with E-state index in [2.05, 4.69) is 82.1 Å². The lowest BCUT2D eigenvalue weighted by molar-refractivity contribution is -0.151. The molecule has 3 fully saturated rings. The van der Waals surface area contributed by atoms with Crippen molar-refractivity contribution in [3.63, 3.8) is 0 Å². The molecule has 7 rings (SSSR count). The fourth-order valence-electron chi connectivity index (χ4n) is 13.7. The summed E-state index contributed by atoms with van der Waals surface area (Å²) in [5.74, 6) is 7.54. The maximum Gasteiger partial charge on any atom is 0.306 e. The summed E-state index contributed by atoms with van der Waals surface area (Å²) in [6.45, 7) is 14.0. The van der Waals surface area contributed by atoms with Gasteiger partial charge in [-0.1, -0.05) is 141 Å². The molecular formula is C62H91NO4. The Balaban J connectivity index is 0.709. The van der Waals surface area contributed by atoms with Gasteiger partial charge < -0.3 is 14.2 Å². The van der Waals surface area contributed by atoms with Crippen LogP contribution in [0.25, 0.3) is 0 Å². The molecule has 5 aliphatic carbocycles. The minimum absolute atomic E-state index is 0.0221. The van der Waals surface area contributed by atoms with Gasteiger partial charge in [0.1, 0.15) is 17.6 Å². The Labute approximate surface area is 408 Å². The van der Waals surface area contributed by atoms with Gasteiger partial charge in [-0.05, 0) is 183 Å². The molecular weight excluding hydrogens is 823 g/mol. The van der Waals surface area contributed by atoms with Crippen LogP contribution in [-0.4, -0.2) is 31.5 Å². The second-order valence-corrected chi connectivity index (χ2v) is 22.9. The second-order valence-electron chi connectivity index (χ2n) is 22.9. The lowest BCUT2D eigenvalue weighted by atomic mass is 9.47. The van der Waals surface area contributed by atoms with Crippen LogP contribution in [0, 0.1) is 52.3 Å². The number of benzene rings is 2. The van der Waals surface area contributed by atoms with E-state index in [0.29, 0.717) is 24.4 Å². The van der Waals surface area contributed by atoms with Gasteiger partial charge in [0.25, 0.3) is 0 Å². The maximum absolute atomic E-state index is 13.0. The van der Waals surface area contributed by atoms with E-state index >= 15 is 0 Å². The van der Waals surface area contributed by atoms with Crippen molar-refractivity contribution in [3.05, 3.63) is 90.0 Å². The third-order valence-corrected chi connectivity index (χ3v) is 17.7. The van der Waals surface area contributed by atoms with Gasteiger partial charge in [-0.3, -0.25) is 9.79 Å². The van der Waals surface area contributed by atoms with Crippen LogP contribution in [0.15, 0.2) is 89.5 Å². The molecule has 0 N–H and O–H groups in total. The molecule has 5 heteroatoms. The molecule has 67 heavy (non-hydrogen) atoms. The number of aliphatic imine (C=N–C) groups is 1. The second kappa shape index (κ2) is 25.8. The number of rotatable bonds is 28. The molecule has 368 valence electrons. The molecule has 2 aromatic carbocycles. The molecule has 0 unspecified atom stereocenters. The molecule has 0 aromatic heterocycles. The van der Waals surface area contributed by atoms with Crippen LogP contribution in [0.4, 0.5) is 5.69 Å². The number of unbranched alkanes of at least 4 members (excludes halogenated alkanes) is 10. The molecule has 5 nitrogen and oxygen atoms in total. The van der Waals surface area contributed by atoms with Crippen LogP contribution in [0.1, 0.15) is 201 Å². The lowest BCUT2D eigenvalue weighted by Gasteiger charge is -2.58. The number of hydrogen-bond donors (Lipinski definition) is 0. The Kier molecular flexibility index (Phi) is 19.8. The predicted molar refractivity (Wildman–Crippen MR) is 280 cm³/mol. The standard InChI is InChI=1S/C62H91NO4/c1-47(2)21-20-22-48(3)57-37-38-58-56-36-29-51-45-55(39-41-61(51,4)59(56)40-42-62(57,58)5)67-60(64)26-15-13-19-44-66-54-34-30-52(31-35-54)63-46-50-27-32-53(33-28-50)65-43-18-12-10-8-6-7-9-11-14-23-49-24-16-17-25-49/h16-17,24-25,27-35,46-49,55-59H,6-15,18-23,26,36-45H2,1-5H3/t48-,55+,56+,57-,58+,59+,61+,62-/m1/s1. The summed E-state index contributed by atoms with van der Waals surface area (Å²) in [5, 5.41) is 0. The fourth-order valence-corrected chi connectivity index (χ4v) is 13.7. The van der Waals surface area contributed by atoms with Crippen LogP contribution in [0.3, 0.4) is 0 Å². The molecule has 0 bridgehead atoms. The quantitative estimate of drug-likeness (QED) is 0.0369. The van der Waals surface area contributed by atoms with Gasteiger partial charge in [-0.2, -0.15) is 0 Å². The highest BCUT2D eigenvalue weighted by molar-refractivity contribution is 5.82. The molecule has 0 aliphatic heterocycles. The van der Waals surface area contributed by atoms with Crippen LogP contribution >= 0.6 is 0 Å². The molecule has 0 spiro atoms. The van der Waals surface area contributed by atoms with Crippen molar-refractivity contribution < 1.29 is 19.0 Å². The van der Waals surface area contributed by atoms with E-state index in [0.717, 1.165) is 103 Å². The molecule has 0 radical (unpaired) electrons. The normalized spacial score (nSPS) is 27.2. The summed E-state index contributed by atoms with van der Waals surface area (Å²) in [4.78, 5) is 17.7. The molecule has 2 aromatic rings. The predicted octanol–water partition coefficient (Wildman–Crippen LogP) is 17.4. The summed E-state index contributed by atoms with van der Waals surface area (Å²) in [6.07, 6.45) is 44.2. The average Bonchev–Trinajstić information content (AvgIpc) is 3.98. The zero-order valence-corrected chi connectivity index (χ0v) is 42.9. The summed E-state index contributed by atoms with van der Waals surface area (Å²) in [6, 6.07) is 16.2. The van der Waals surface area contributed by atoms with Gasteiger partial charge in [0.05, 0.1) is 18.9 Å². The first kappa shape index (κ1) is 51.3. The topological polar surface area (TPSA) is 57.1 Å². The Morgan fingerprint density at radius 3 is 2.03 bits per heavy atom. The number of allylic oxidation sites excluding steroid dienone is 5. The molecule has 8 atom stereocenters. The first-order valence-corrected chi connectivity index (χ1v) is 27.8. The third kappa shape index (κ3) is 14.7. The number of ether oxygens (including phenoxy) is 3. The SMILES string of the molecule is CC(C)CCC[C@@H](C)[C@H]1CC[C@H]2[C@@H]3CC=C4C[C@@H](OC(=O)CCCCCOc5ccc(N=Cc6ccc(OCCCCCCCCCCCC7C=CC=C7)cc6)cc5)CC[C@]4(C)[C@H]3CC[C@]12C. The Morgan fingerprint density at radius 2 is 1.34 bits per heavy atom. The van der Waals surface area contributed by atoms with Crippen molar-refractivity contribution in [3.8, 4) is 11.5 Å². The van der Waals surface area contributed by atoms with E-state index in [1.165, 1.54) is 116 Å². The van der Waals surface area contributed by atoms with Crippen LogP contribution in [-0.2, 0) is 9.53 Å². The van der Waals surface area contributed by atoms with E-state index in [9.17, 15) is 4.79 Å². The summed E-state index contributed by atoms with van der Waals surface area (Å²) in [7, 11) is 0. The van der Waals surface area contributed by atoms with Crippen molar-refractivity contribution in [1.82, 2.24) is 0 Å². The zero-order valence-electron chi connectivity index (χ0n) is 42.9. The highest BCUT2D eigenvalue weighted by Gasteiger charge is 2.59. The van der Waals surface area contributed by atoms with Crippen molar-refractivity contribution in [2.45, 2.75) is 201 Å². The highest BCUT2D eigenvalue weighted by atomic mass is 16.5. The minimum atomic E-state index is -0.0221. The van der Waals surface area contributed by atoms with E-state index in [1.54, 1.807) is 5.57 Å². The van der Waals surface area contributed by atoms with Gasteiger partial charge in [0.2, 0.25) is 0 Å². The smallest absolute Gasteiger partial charge is 0.306 e. The van der Waals surface area contributed by atoms with Gasteiger partial charge >= 0.3 is 5.97 Å². The summed E-state index contributed by atoms with van der Waals surface area (Å²) < 4.78 is 18.2. The number of fused-ring (bicyclic) bond motifs is 5. The number of carbonyl (C=O) groups excluding carboxylic acids is 1. The number of carbonyl (C=O) groups is 1. The van der Waals surface area contributed by atoms with E-state index in [-0.39, 0.29) is 17.5 Å². The Bertz CT molecular complexity index is 1900. The molecule has 3 saturated carbocycles. The third-order valence-electron chi connectivity index (χ3n) is 17.7. The van der Waals surface area contributed by atoms with E-state index in [4.69, 9.17) is 14.2 Å². The minimum Gasteiger partial charge on any atom is -0.494 e. The monoisotopic (exact) mass is 914 g/mol.